The van der Waals surface area contributed by atoms with E-state index in [4.69, 9.17) is 9.47 Å². The van der Waals surface area contributed by atoms with Crippen molar-refractivity contribution in [1.82, 2.24) is 0 Å². The fourth-order valence-electron chi connectivity index (χ4n) is 3.93. The summed E-state index contributed by atoms with van der Waals surface area (Å²) >= 11 is 0. The van der Waals surface area contributed by atoms with E-state index in [-0.39, 0.29) is 11.7 Å². The van der Waals surface area contributed by atoms with Crippen LogP contribution in [0.3, 0.4) is 0 Å². The van der Waals surface area contributed by atoms with E-state index < -0.39 is 17.3 Å². The summed E-state index contributed by atoms with van der Waals surface area (Å²) in [7, 11) is 2.95. The van der Waals surface area contributed by atoms with Crippen LogP contribution in [0, 0.1) is 11.8 Å². The van der Waals surface area contributed by atoms with Gasteiger partial charge in [-0.1, -0.05) is 48.6 Å². The van der Waals surface area contributed by atoms with Crippen LogP contribution >= 0.6 is 0 Å². The first-order valence-corrected chi connectivity index (χ1v) is 8.31. The molecule has 2 aliphatic rings. The van der Waals surface area contributed by atoms with Gasteiger partial charge in [0, 0.05) is 5.92 Å². The SMILES string of the molecule is C=C1C[C@@H]2C=CC=C[C@@H](C2=O)[C@@](C(=O)OC)(c2ccc(OC)cc2)C1. The van der Waals surface area contributed by atoms with Gasteiger partial charge in [-0.15, -0.1) is 0 Å². The van der Waals surface area contributed by atoms with E-state index in [9.17, 15) is 9.59 Å². The monoisotopic (exact) mass is 338 g/mol. The standard InChI is InChI=1S/C21H22O4/c1-14-12-15-6-4-5-7-18(19(15)22)21(13-14,20(23)25-3)16-8-10-17(24-2)11-9-16/h4-11,15,18H,1,12-13H2,2-3H3/t15-,18-,21-/m0/s1. The molecule has 1 aromatic rings. The Morgan fingerprint density at radius 2 is 1.84 bits per heavy atom. The Bertz CT molecular complexity index is 757. The van der Waals surface area contributed by atoms with Crippen LogP contribution in [0.15, 0.2) is 60.7 Å². The van der Waals surface area contributed by atoms with E-state index >= 15 is 0 Å². The molecule has 3 atom stereocenters. The van der Waals surface area contributed by atoms with Crippen LogP contribution < -0.4 is 4.74 Å². The Morgan fingerprint density at radius 1 is 1.16 bits per heavy atom. The van der Waals surface area contributed by atoms with Crippen LogP contribution in [-0.2, 0) is 19.7 Å². The molecule has 130 valence electrons. The normalized spacial score (nSPS) is 28.2. The largest absolute Gasteiger partial charge is 0.497 e. The number of benzene rings is 1. The summed E-state index contributed by atoms with van der Waals surface area (Å²) in [6, 6.07) is 7.27. The molecule has 0 radical (unpaired) electrons. The Hall–Kier alpha value is -2.62. The van der Waals surface area contributed by atoms with Crippen LogP contribution in [0.2, 0.25) is 0 Å². The van der Waals surface area contributed by atoms with Gasteiger partial charge in [-0.2, -0.15) is 0 Å². The van der Waals surface area contributed by atoms with Crippen LogP contribution in [0.5, 0.6) is 5.75 Å². The molecule has 0 aliphatic heterocycles. The molecule has 0 saturated heterocycles. The first-order chi connectivity index (χ1) is 12.0. The summed E-state index contributed by atoms with van der Waals surface area (Å²) in [6.07, 6.45) is 8.37. The second-order valence-electron chi connectivity index (χ2n) is 6.58. The zero-order valence-electron chi connectivity index (χ0n) is 14.5. The minimum Gasteiger partial charge on any atom is -0.497 e. The molecule has 0 heterocycles. The summed E-state index contributed by atoms with van der Waals surface area (Å²) in [5, 5.41) is 0. The van der Waals surface area contributed by atoms with Crippen LogP contribution in [0.1, 0.15) is 18.4 Å². The van der Waals surface area contributed by atoms with Crippen molar-refractivity contribution in [3.63, 3.8) is 0 Å². The third-order valence-corrected chi connectivity index (χ3v) is 5.15. The number of carbonyl (C=O) groups excluding carboxylic acids is 2. The van der Waals surface area contributed by atoms with Gasteiger partial charge >= 0.3 is 5.97 Å². The predicted molar refractivity (Wildman–Crippen MR) is 95.3 cm³/mol. The summed E-state index contributed by atoms with van der Waals surface area (Å²) < 4.78 is 10.4. The van der Waals surface area contributed by atoms with Crippen LogP contribution in [0.25, 0.3) is 0 Å². The Labute approximate surface area is 147 Å². The Kier molecular flexibility index (Phi) is 4.62. The summed E-state index contributed by atoms with van der Waals surface area (Å²) in [5.41, 5.74) is 0.515. The fraction of sp³-hybridized carbons (Fsp3) is 0.333. The molecule has 0 unspecified atom stereocenters. The van der Waals surface area contributed by atoms with Crippen molar-refractivity contribution in [3.05, 3.63) is 66.3 Å². The smallest absolute Gasteiger partial charge is 0.317 e. The lowest BCUT2D eigenvalue weighted by Crippen LogP contribution is -2.46. The van der Waals surface area contributed by atoms with Crippen LogP contribution in [0.4, 0.5) is 0 Å². The summed E-state index contributed by atoms with van der Waals surface area (Å²) in [4.78, 5) is 26.1. The Morgan fingerprint density at radius 3 is 2.48 bits per heavy atom. The third kappa shape index (κ3) is 2.82. The minimum atomic E-state index is -1.10. The molecule has 25 heavy (non-hydrogen) atoms. The summed E-state index contributed by atoms with van der Waals surface area (Å²) in [5.74, 6) is -0.530. The topological polar surface area (TPSA) is 52.6 Å². The number of hydrogen-bond acceptors (Lipinski definition) is 4. The molecule has 1 saturated carbocycles. The van der Waals surface area contributed by atoms with Crippen LogP contribution in [-0.4, -0.2) is 26.0 Å². The van der Waals surface area contributed by atoms with Gasteiger partial charge in [-0.25, -0.2) is 0 Å². The lowest BCUT2D eigenvalue weighted by atomic mass is 9.66. The van der Waals surface area contributed by atoms with Gasteiger partial charge in [0.05, 0.1) is 20.1 Å². The highest BCUT2D eigenvalue weighted by Gasteiger charge is 2.53. The molecule has 0 N–H and O–H groups in total. The first-order valence-electron chi connectivity index (χ1n) is 8.31. The van der Waals surface area contributed by atoms with Gasteiger partial charge in [-0.3, -0.25) is 9.59 Å². The van der Waals surface area contributed by atoms with Crippen molar-refractivity contribution >= 4 is 11.8 Å². The maximum atomic E-state index is 13.1. The molecule has 1 aromatic carbocycles. The molecule has 4 heteroatoms. The zero-order valence-corrected chi connectivity index (χ0v) is 14.5. The molecule has 3 rings (SSSR count). The van der Waals surface area contributed by atoms with E-state index in [0.29, 0.717) is 18.6 Å². The number of fused-ring (bicyclic) bond motifs is 2. The number of carbonyl (C=O) groups is 2. The van der Waals surface area contributed by atoms with Gasteiger partial charge in [-0.05, 0) is 30.5 Å². The number of rotatable bonds is 3. The van der Waals surface area contributed by atoms with Crippen molar-refractivity contribution in [1.29, 1.82) is 0 Å². The minimum absolute atomic E-state index is 0.0323. The maximum Gasteiger partial charge on any atom is 0.317 e. The van der Waals surface area contributed by atoms with Crippen molar-refractivity contribution in [2.24, 2.45) is 11.8 Å². The van der Waals surface area contributed by atoms with Crippen molar-refractivity contribution in [3.8, 4) is 5.75 Å². The van der Waals surface area contributed by atoms with E-state index in [0.717, 1.165) is 11.1 Å². The maximum absolute atomic E-state index is 13.1. The quantitative estimate of drug-likeness (QED) is 0.626. The number of ketones is 1. The number of Topliss-reactive ketones (excluding diaryl/α,β-unsaturated/α-hetero) is 1. The van der Waals surface area contributed by atoms with E-state index in [1.54, 1.807) is 19.2 Å². The average Bonchev–Trinajstić information content (AvgIpc) is 2.87. The number of esters is 1. The van der Waals surface area contributed by atoms with Crippen molar-refractivity contribution < 1.29 is 19.1 Å². The number of ether oxygens (including phenoxy) is 2. The van der Waals surface area contributed by atoms with Gasteiger partial charge in [0.1, 0.15) is 16.9 Å². The molecule has 0 aromatic heterocycles. The molecule has 2 aliphatic carbocycles. The highest BCUT2D eigenvalue weighted by Crippen LogP contribution is 2.47. The molecule has 2 bridgehead atoms. The summed E-state index contributed by atoms with van der Waals surface area (Å²) in [6.45, 7) is 4.13. The van der Waals surface area contributed by atoms with E-state index in [1.165, 1.54) is 7.11 Å². The zero-order chi connectivity index (χ0) is 18.0. The molecular formula is C21H22O4. The van der Waals surface area contributed by atoms with Gasteiger partial charge in [0.25, 0.3) is 0 Å². The lowest BCUT2D eigenvalue weighted by Gasteiger charge is -2.35. The van der Waals surface area contributed by atoms with E-state index in [1.807, 2.05) is 36.4 Å². The third-order valence-electron chi connectivity index (χ3n) is 5.15. The van der Waals surface area contributed by atoms with Gasteiger partial charge in [0.15, 0.2) is 0 Å². The number of allylic oxidation sites excluding steroid dienone is 5. The lowest BCUT2D eigenvalue weighted by molar-refractivity contribution is -0.151. The molecular weight excluding hydrogens is 316 g/mol. The van der Waals surface area contributed by atoms with E-state index in [2.05, 4.69) is 6.58 Å². The molecule has 0 amide bonds. The highest BCUT2D eigenvalue weighted by molar-refractivity contribution is 5.97. The molecule has 0 spiro atoms. The molecule has 1 fully saturated rings. The number of methoxy groups -OCH3 is 2. The predicted octanol–water partition coefficient (Wildman–Crippen LogP) is 3.38. The average molecular weight is 338 g/mol. The Balaban J connectivity index is 2.22. The molecule has 4 nitrogen and oxygen atoms in total. The first kappa shape index (κ1) is 17.2. The second-order valence-corrected chi connectivity index (χ2v) is 6.58. The van der Waals surface area contributed by atoms with Gasteiger partial charge < -0.3 is 9.47 Å². The van der Waals surface area contributed by atoms with Crippen molar-refractivity contribution in [2.75, 3.05) is 14.2 Å². The van der Waals surface area contributed by atoms with Gasteiger partial charge in [0.2, 0.25) is 0 Å². The second kappa shape index (κ2) is 6.71. The number of hydrogen-bond donors (Lipinski definition) is 0. The highest BCUT2D eigenvalue weighted by atomic mass is 16.5. The fourth-order valence-corrected chi connectivity index (χ4v) is 3.93. The van der Waals surface area contributed by atoms with Crippen molar-refractivity contribution in [2.45, 2.75) is 18.3 Å².